The summed E-state index contributed by atoms with van der Waals surface area (Å²) >= 11 is 0. The van der Waals surface area contributed by atoms with Crippen LogP contribution in [0, 0.1) is 0 Å². The molecule has 0 saturated heterocycles. The fraction of sp³-hybridized carbons (Fsp3) is 0. The van der Waals surface area contributed by atoms with Crippen molar-refractivity contribution in [3.63, 3.8) is 0 Å². The Hall–Kier alpha value is -2.40. The minimum atomic E-state index is 0. The van der Waals surface area contributed by atoms with E-state index in [1.54, 1.807) is 36.4 Å². The van der Waals surface area contributed by atoms with Gasteiger partial charge in [0, 0.05) is 18.6 Å². The van der Waals surface area contributed by atoms with Gasteiger partial charge in [-0.05, 0) is 0 Å². The maximum Gasteiger partial charge on any atom is 0 e. The molecular weight excluding hydrogens is 331 g/mol. The molecule has 0 atom stereocenters. The van der Waals surface area contributed by atoms with Gasteiger partial charge in [-0.25, -0.2) is 0 Å². The first-order valence-electron chi connectivity index (χ1n) is 6.34. The maximum atomic E-state index is 10.3. The monoisotopic (exact) mass is 348 g/mol. The summed E-state index contributed by atoms with van der Waals surface area (Å²) < 4.78 is 0. The third-order valence-corrected chi connectivity index (χ3v) is 2.23. The number of hydrogen-bond acceptors (Lipinski definition) is 3. The average molecular weight is 348 g/mol. The first-order valence-corrected chi connectivity index (χ1v) is 6.34. The van der Waals surface area contributed by atoms with Crippen LogP contribution in [0.3, 0.4) is 0 Å². The molecule has 0 bridgehead atoms. The van der Waals surface area contributed by atoms with Crippen LogP contribution < -0.4 is 15.3 Å². The Labute approximate surface area is 147 Å². The van der Waals surface area contributed by atoms with E-state index >= 15 is 0 Å². The molecule has 0 heterocycles. The fourth-order valence-corrected chi connectivity index (χ4v) is 1.26. The van der Waals surface area contributed by atoms with Gasteiger partial charge in [-0.15, -0.1) is 17.2 Å². The molecule has 1 radical (unpaired) electrons. The summed E-state index contributed by atoms with van der Waals surface area (Å²) in [5, 5.41) is 30.8. The summed E-state index contributed by atoms with van der Waals surface area (Å²) in [6, 6.07) is 25.0. The third kappa shape index (κ3) is 13.0. The summed E-state index contributed by atoms with van der Waals surface area (Å²) in [5.41, 5.74) is 0. The van der Waals surface area contributed by atoms with Crippen molar-refractivity contribution in [3.05, 3.63) is 91.0 Å². The van der Waals surface area contributed by atoms with Crippen LogP contribution in [0.5, 0.6) is 17.2 Å². The van der Waals surface area contributed by atoms with Crippen LogP contribution in [0.1, 0.15) is 0 Å². The van der Waals surface area contributed by atoms with E-state index in [1.165, 1.54) is 36.4 Å². The predicted molar refractivity (Wildman–Crippen MR) is 81.3 cm³/mol. The predicted octanol–water partition coefficient (Wildman–Crippen LogP) is 1.45. The fourth-order valence-electron chi connectivity index (χ4n) is 1.26. The molecule has 3 aromatic carbocycles. The molecular formula is C18H17O4V-3. The normalized spacial score (nSPS) is 7.83. The zero-order chi connectivity index (χ0) is 15.3. The maximum absolute atomic E-state index is 10.3. The van der Waals surface area contributed by atoms with Crippen molar-refractivity contribution >= 4 is 0 Å². The van der Waals surface area contributed by atoms with Gasteiger partial charge in [-0.2, -0.15) is 0 Å². The Morgan fingerprint density at radius 2 is 0.565 bits per heavy atom. The molecule has 0 amide bonds. The molecule has 3 rings (SSSR count). The van der Waals surface area contributed by atoms with E-state index in [2.05, 4.69) is 0 Å². The zero-order valence-electron chi connectivity index (χ0n) is 12.3. The van der Waals surface area contributed by atoms with Gasteiger partial charge >= 0.3 is 0 Å². The molecule has 2 N–H and O–H groups in total. The van der Waals surface area contributed by atoms with E-state index < -0.39 is 0 Å². The summed E-state index contributed by atoms with van der Waals surface area (Å²) in [7, 11) is 0. The molecule has 0 aliphatic carbocycles. The molecule has 0 fully saturated rings. The number of hydrogen-bond donors (Lipinski definition) is 0. The Morgan fingerprint density at radius 1 is 0.391 bits per heavy atom. The van der Waals surface area contributed by atoms with Crippen LogP contribution in [0.15, 0.2) is 91.0 Å². The molecule has 0 spiro atoms. The minimum absolute atomic E-state index is 0. The molecule has 23 heavy (non-hydrogen) atoms. The van der Waals surface area contributed by atoms with Gasteiger partial charge < -0.3 is 20.8 Å². The topological polar surface area (TPSA) is 101 Å². The van der Waals surface area contributed by atoms with E-state index in [4.69, 9.17) is 0 Å². The van der Waals surface area contributed by atoms with Crippen molar-refractivity contribution in [1.29, 1.82) is 0 Å². The van der Waals surface area contributed by atoms with Crippen LogP contribution in [0.2, 0.25) is 0 Å². The smallest absolute Gasteiger partial charge is 0 e. The quantitative estimate of drug-likeness (QED) is 0.614. The molecule has 4 nitrogen and oxygen atoms in total. The van der Waals surface area contributed by atoms with Gasteiger partial charge in [0.05, 0.1) is 0 Å². The molecule has 5 heteroatoms. The van der Waals surface area contributed by atoms with Crippen molar-refractivity contribution in [2.24, 2.45) is 0 Å². The molecule has 0 aliphatic heterocycles. The SMILES string of the molecule is O.[O-]c1ccccc1.[O-]c1ccccc1.[O-]c1ccccc1.[V]. The summed E-state index contributed by atoms with van der Waals surface area (Å²) in [5.74, 6) is 0.215. The van der Waals surface area contributed by atoms with Gasteiger partial charge in [0.25, 0.3) is 0 Å². The zero-order valence-corrected chi connectivity index (χ0v) is 13.7. The molecule has 0 unspecified atom stereocenters. The Kier molecular flexibility index (Phi) is 14.5. The number of rotatable bonds is 0. The minimum Gasteiger partial charge on any atom is -0.872 e. The average Bonchev–Trinajstić information content (AvgIpc) is 2.51. The second kappa shape index (κ2) is 14.5. The molecule has 0 aromatic heterocycles. The molecule has 0 saturated carbocycles. The number of para-hydroxylation sites is 3. The van der Waals surface area contributed by atoms with Gasteiger partial charge in [0.2, 0.25) is 0 Å². The van der Waals surface area contributed by atoms with E-state index in [0.29, 0.717) is 0 Å². The van der Waals surface area contributed by atoms with E-state index in [1.807, 2.05) is 18.2 Å². The van der Waals surface area contributed by atoms with Crippen molar-refractivity contribution in [2.75, 3.05) is 0 Å². The largest absolute Gasteiger partial charge is 0.872 e. The molecule has 121 valence electrons. The van der Waals surface area contributed by atoms with Crippen molar-refractivity contribution in [1.82, 2.24) is 0 Å². The molecule has 3 aromatic rings. The van der Waals surface area contributed by atoms with Crippen molar-refractivity contribution in [3.8, 4) is 17.2 Å². The van der Waals surface area contributed by atoms with Gasteiger partial charge in [0.15, 0.2) is 0 Å². The summed E-state index contributed by atoms with van der Waals surface area (Å²) in [6.45, 7) is 0. The Balaban J connectivity index is 0. The van der Waals surface area contributed by atoms with Crippen molar-refractivity contribution in [2.45, 2.75) is 0 Å². The van der Waals surface area contributed by atoms with E-state index in [9.17, 15) is 15.3 Å². The van der Waals surface area contributed by atoms with Crippen LogP contribution in [0.4, 0.5) is 0 Å². The van der Waals surface area contributed by atoms with Gasteiger partial charge in [-0.3, -0.25) is 0 Å². The second-order valence-electron chi connectivity index (χ2n) is 3.94. The van der Waals surface area contributed by atoms with Gasteiger partial charge in [-0.1, -0.05) is 91.0 Å². The molecule has 0 aliphatic rings. The summed E-state index contributed by atoms with van der Waals surface area (Å²) in [6.07, 6.45) is 0. The first-order chi connectivity index (χ1) is 10.2. The van der Waals surface area contributed by atoms with Gasteiger partial charge in [0.1, 0.15) is 0 Å². The van der Waals surface area contributed by atoms with Crippen LogP contribution in [-0.2, 0) is 18.6 Å². The van der Waals surface area contributed by atoms with Crippen LogP contribution in [-0.4, -0.2) is 5.48 Å². The van der Waals surface area contributed by atoms with Crippen LogP contribution in [0.25, 0.3) is 0 Å². The van der Waals surface area contributed by atoms with E-state index in [0.717, 1.165) is 0 Å². The van der Waals surface area contributed by atoms with Crippen LogP contribution >= 0.6 is 0 Å². The first kappa shape index (κ1) is 22.9. The number of benzene rings is 3. The Morgan fingerprint density at radius 3 is 0.652 bits per heavy atom. The Bertz CT molecular complexity index is 500. The van der Waals surface area contributed by atoms with Crippen molar-refractivity contribution < 1.29 is 39.4 Å². The summed E-state index contributed by atoms with van der Waals surface area (Å²) in [4.78, 5) is 0. The van der Waals surface area contributed by atoms with E-state index in [-0.39, 0.29) is 41.3 Å². The second-order valence-corrected chi connectivity index (χ2v) is 3.94. The standard InChI is InChI=1S/3C6H6O.H2O.V/c3*7-6-4-2-1-3-5-6;;/h3*1-5,7H;1H2;/p-3. The third-order valence-electron chi connectivity index (χ3n) is 2.23.